The molecule has 19 heavy (non-hydrogen) atoms. The molecule has 1 fully saturated rings. The number of nitrogens with one attached hydrogen (secondary N) is 1. The van der Waals surface area contributed by atoms with Crippen LogP contribution in [0, 0.1) is 0 Å². The lowest BCUT2D eigenvalue weighted by Crippen LogP contribution is -2.30. The molecule has 0 bridgehead atoms. The highest BCUT2D eigenvalue weighted by Gasteiger charge is 2.13. The van der Waals surface area contributed by atoms with E-state index in [4.69, 9.17) is 0 Å². The van der Waals surface area contributed by atoms with E-state index in [1.54, 1.807) is 0 Å². The molecule has 1 atom stereocenters. The predicted molar refractivity (Wildman–Crippen MR) is 85.7 cm³/mol. The molecule has 0 spiro atoms. The third-order valence-corrected chi connectivity index (χ3v) is 4.48. The molecule has 0 aromatic rings. The van der Waals surface area contributed by atoms with Crippen LogP contribution >= 0.6 is 0 Å². The van der Waals surface area contributed by atoms with Gasteiger partial charge in [-0.2, -0.15) is 0 Å². The molecule has 2 nitrogen and oxygen atoms in total. The Kier molecular flexibility index (Phi) is 10.5. The standard InChI is InChI=1S/C17H36N2/c1-3-5-6-7-8-9-10-11-14-19-15-12-17(4-2)18-13-16-19/h17-18H,3-16H2,1-2H3. The van der Waals surface area contributed by atoms with Gasteiger partial charge in [0.25, 0.3) is 0 Å². The molecule has 1 rings (SSSR count). The molecule has 0 aromatic heterocycles. The predicted octanol–water partition coefficient (Wildman–Crippen LogP) is 4.20. The summed E-state index contributed by atoms with van der Waals surface area (Å²) < 4.78 is 0. The molecule has 1 heterocycles. The fourth-order valence-electron chi connectivity index (χ4n) is 3.02. The normalized spacial score (nSPS) is 21.5. The first kappa shape index (κ1) is 17.0. The number of nitrogens with zero attached hydrogens (tertiary/aromatic N) is 1. The van der Waals surface area contributed by atoms with Crippen molar-refractivity contribution in [2.75, 3.05) is 26.2 Å². The molecule has 1 N–H and O–H groups in total. The zero-order valence-corrected chi connectivity index (χ0v) is 13.4. The van der Waals surface area contributed by atoms with Crippen LogP contribution < -0.4 is 5.32 Å². The van der Waals surface area contributed by atoms with Crippen LogP contribution in [0.1, 0.15) is 78.1 Å². The Balaban J connectivity index is 1.91. The Morgan fingerprint density at radius 1 is 0.895 bits per heavy atom. The molecule has 0 aliphatic carbocycles. The van der Waals surface area contributed by atoms with Crippen molar-refractivity contribution in [3.8, 4) is 0 Å². The number of unbranched alkanes of at least 4 members (excludes halogenated alkanes) is 7. The summed E-state index contributed by atoms with van der Waals surface area (Å²) in [6, 6.07) is 0.767. The molecule has 2 heteroatoms. The summed E-state index contributed by atoms with van der Waals surface area (Å²) in [7, 11) is 0. The van der Waals surface area contributed by atoms with Gasteiger partial charge in [-0.25, -0.2) is 0 Å². The highest BCUT2D eigenvalue weighted by molar-refractivity contribution is 4.73. The lowest BCUT2D eigenvalue weighted by Gasteiger charge is -2.19. The Morgan fingerprint density at radius 3 is 2.26 bits per heavy atom. The molecule has 0 saturated carbocycles. The molecule has 1 saturated heterocycles. The highest BCUT2D eigenvalue weighted by Crippen LogP contribution is 2.10. The van der Waals surface area contributed by atoms with Gasteiger partial charge in [-0.3, -0.25) is 0 Å². The van der Waals surface area contributed by atoms with Gasteiger partial charge in [0, 0.05) is 19.1 Å². The van der Waals surface area contributed by atoms with E-state index in [1.807, 2.05) is 0 Å². The number of rotatable bonds is 10. The van der Waals surface area contributed by atoms with Crippen molar-refractivity contribution in [1.29, 1.82) is 0 Å². The van der Waals surface area contributed by atoms with Crippen molar-refractivity contribution in [2.24, 2.45) is 0 Å². The van der Waals surface area contributed by atoms with Crippen LogP contribution in [-0.2, 0) is 0 Å². The van der Waals surface area contributed by atoms with Gasteiger partial charge in [0.1, 0.15) is 0 Å². The maximum absolute atomic E-state index is 3.65. The second-order valence-electron chi connectivity index (χ2n) is 6.16. The fourth-order valence-corrected chi connectivity index (χ4v) is 3.02. The Labute approximate surface area is 121 Å². The second kappa shape index (κ2) is 11.7. The summed E-state index contributed by atoms with van der Waals surface area (Å²) in [5.41, 5.74) is 0. The van der Waals surface area contributed by atoms with Crippen molar-refractivity contribution >= 4 is 0 Å². The van der Waals surface area contributed by atoms with Crippen LogP contribution in [-0.4, -0.2) is 37.1 Å². The van der Waals surface area contributed by atoms with Crippen LogP contribution in [0.2, 0.25) is 0 Å². The van der Waals surface area contributed by atoms with E-state index in [0.29, 0.717) is 0 Å². The first-order valence-corrected chi connectivity index (χ1v) is 8.82. The van der Waals surface area contributed by atoms with Gasteiger partial charge in [-0.1, -0.05) is 58.8 Å². The van der Waals surface area contributed by atoms with E-state index in [1.165, 1.54) is 90.4 Å². The third kappa shape index (κ3) is 8.65. The Morgan fingerprint density at radius 2 is 1.58 bits per heavy atom. The Bertz CT molecular complexity index is 194. The largest absolute Gasteiger partial charge is 0.313 e. The van der Waals surface area contributed by atoms with Crippen LogP contribution in [0.4, 0.5) is 0 Å². The summed E-state index contributed by atoms with van der Waals surface area (Å²) in [5, 5.41) is 3.65. The lowest BCUT2D eigenvalue weighted by molar-refractivity contribution is 0.282. The van der Waals surface area contributed by atoms with Crippen molar-refractivity contribution < 1.29 is 0 Å². The second-order valence-corrected chi connectivity index (χ2v) is 6.16. The molecular formula is C17H36N2. The number of hydrogen-bond donors (Lipinski definition) is 1. The minimum Gasteiger partial charge on any atom is -0.313 e. The smallest absolute Gasteiger partial charge is 0.0107 e. The minimum absolute atomic E-state index is 0.767. The molecule has 1 unspecified atom stereocenters. The van der Waals surface area contributed by atoms with E-state index in [9.17, 15) is 0 Å². The summed E-state index contributed by atoms with van der Waals surface area (Å²) >= 11 is 0. The van der Waals surface area contributed by atoms with Gasteiger partial charge >= 0.3 is 0 Å². The fraction of sp³-hybridized carbons (Fsp3) is 1.00. The van der Waals surface area contributed by atoms with Gasteiger partial charge in [-0.15, -0.1) is 0 Å². The molecule has 114 valence electrons. The molecule has 0 aromatic carbocycles. The zero-order valence-electron chi connectivity index (χ0n) is 13.4. The highest BCUT2D eigenvalue weighted by atomic mass is 15.2. The number of hydrogen-bond acceptors (Lipinski definition) is 2. The van der Waals surface area contributed by atoms with E-state index in [0.717, 1.165) is 6.04 Å². The van der Waals surface area contributed by atoms with E-state index < -0.39 is 0 Å². The molecule has 1 aliphatic rings. The van der Waals surface area contributed by atoms with Crippen molar-refractivity contribution in [3.05, 3.63) is 0 Å². The van der Waals surface area contributed by atoms with Crippen molar-refractivity contribution in [2.45, 2.75) is 84.1 Å². The van der Waals surface area contributed by atoms with Gasteiger partial charge < -0.3 is 10.2 Å². The van der Waals surface area contributed by atoms with Gasteiger partial charge in [0.15, 0.2) is 0 Å². The Hall–Kier alpha value is -0.0800. The van der Waals surface area contributed by atoms with Crippen LogP contribution in [0.15, 0.2) is 0 Å². The van der Waals surface area contributed by atoms with Crippen LogP contribution in [0.3, 0.4) is 0 Å². The maximum Gasteiger partial charge on any atom is 0.0107 e. The van der Waals surface area contributed by atoms with E-state index in [-0.39, 0.29) is 0 Å². The van der Waals surface area contributed by atoms with Crippen LogP contribution in [0.5, 0.6) is 0 Å². The third-order valence-electron chi connectivity index (χ3n) is 4.48. The van der Waals surface area contributed by atoms with Gasteiger partial charge in [0.05, 0.1) is 0 Å². The zero-order chi connectivity index (χ0) is 13.8. The first-order valence-electron chi connectivity index (χ1n) is 8.82. The van der Waals surface area contributed by atoms with E-state index in [2.05, 4.69) is 24.1 Å². The quantitative estimate of drug-likeness (QED) is 0.597. The lowest BCUT2D eigenvalue weighted by atomic mass is 10.1. The molecule has 0 radical (unpaired) electrons. The molecular weight excluding hydrogens is 232 g/mol. The van der Waals surface area contributed by atoms with Crippen molar-refractivity contribution in [3.63, 3.8) is 0 Å². The van der Waals surface area contributed by atoms with Crippen LogP contribution in [0.25, 0.3) is 0 Å². The summed E-state index contributed by atoms with van der Waals surface area (Å²) in [4.78, 5) is 2.67. The van der Waals surface area contributed by atoms with Gasteiger partial charge in [0.2, 0.25) is 0 Å². The average molecular weight is 268 g/mol. The summed E-state index contributed by atoms with van der Waals surface area (Å²) in [5.74, 6) is 0. The summed E-state index contributed by atoms with van der Waals surface area (Å²) in [6.45, 7) is 9.67. The summed E-state index contributed by atoms with van der Waals surface area (Å²) in [6.07, 6.45) is 14.1. The first-order chi connectivity index (χ1) is 9.36. The maximum atomic E-state index is 3.65. The monoisotopic (exact) mass is 268 g/mol. The SMILES string of the molecule is CCCCCCCCCCN1CCNC(CC)CC1. The average Bonchev–Trinajstić information content (AvgIpc) is 2.67. The molecule has 1 aliphatic heterocycles. The van der Waals surface area contributed by atoms with Gasteiger partial charge in [-0.05, 0) is 32.4 Å². The molecule has 0 amide bonds. The van der Waals surface area contributed by atoms with Crippen molar-refractivity contribution in [1.82, 2.24) is 10.2 Å². The van der Waals surface area contributed by atoms with E-state index >= 15 is 0 Å². The topological polar surface area (TPSA) is 15.3 Å². The minimum atomic E-state index is 0.767.